The minimum atomic E-state index is -0.379. The average Bonchev–Trinajstić information content (AvgIpc) is 3.38. The Morgan fingerprint density at radius 1 is 1.21 bits per heavy atom. The number of allylic oxidation sites excluding steroid dienone is 1. The van der Waals surface area contributed by atoms with Crippen LogP contribution in [0.1, 0.15) is 71.6 Å². The molecule has 0 radical (unpaired) electrons. The van der Waals surface area contributed by atoms with Crippen molar-refractivity contribution in [2.75, 3.05) is 18.2 Å². The number of hydrogen-bond acceptors (Lipinski definition) is 7. The maximum absolute atomic E-state index is 12.8. The normalized spacial score (nSPS) is 16.3. The van der Waals surface area contributed by atoms with E-state index in [1.807, 2.05) is 6.08 Å². The Kier molecular flexibility index (Phi) is 8.25. The van der Waals surface area contributed by atoms with E-state index in [9.17, 15) is 9.59 Å². The smallest absolute Gasteiger partial charge is 0.341 e. The van der Waals surface area contributed by atoms with Gasteiger partial charge in [0.15, 0.2) is 5.16 Å². The van der Waals surface area contributed by atoms with Crippen LogP contribution in [0.4, 0.5) is 5.00 Å². The molecule has 1 fully saturated rings. The largest absolute Gasteiger partial charge is 0.465 e. The van der Waals surface area contributed by atoms with E-state index in [1.54, 1.807) is 0 Å². The van der Waals surface area contributed by atoms with Gasteiger partial charge in [-0.1, -0.05) is 49.9 Å². The third kappa shape index (κ3) is 5.69. The van der Waals surface area contributed by atoms with Gasteiger partial charge in [-0.05, 0) is 37.2 Å². The zero-order chi connectivity index (χ0) is 23.2. The fourth-order valence-corrected chi connectivity index (χ4v) is 6.86. The highest BCUT2D eigenvalue weighted by atomic mass is 32.2. The number of rotatable bonds is 9. The summed E-state index contributed by atoms with van der Waals surface area (Å²) in [5.41, 5.74) is 1.57. The van der Waals surface area contributed by atoms with Crippen molar-refractivity contribution in [3.63, 3.8) is 0 Å². The Hall–Kier alpha value is -2.13. The molecule has 178 valence electrons. The summed E-state index contributed by atoms with van der Waals surface area (Å²) in [6.07, 6.45) is 13.2. The first kappa shape index (κ1) is 24.0. The number of amides is 1. The number of aryl methyl sites for hydroxylation is 1. The molecule has 7 nitrogen and oxygen atoms in total. The molecule has 0 saturated heterocycles. The number of methoxy groups -OCH3 is 1. The maximum Gasteiger partial charge on any atom is 0.341 e. The minimum absolute atomic E-state index is 0.161. The van der Waals surface area contributed by atoms with E-state index >= 15 is 0 Å². The Morgan fingerprint density at radius 3 is 2.76 bits per heavy atom. The fraction of sp³-hybridized carbons (Fsp3) is 0.583. The summed E-state index contributed by atoms with van der Waals surface area (Å²) in [5, 5.41) is 13.1. The second kappa shape index (κ2) is 11.3. The van der Waals surface area contributed by atoms with E-state index in [-0.39, 0.29) is 17.6 Å². The minimum Gasteiger partial charge on any atom is -0.465 e. The van der Waals surface area contributed by atoms with E-state index in [1.165, 1.54) is 67.2 Å². The van der Waals surface area contributed by atoms with Crippen LogP contribution >= 0.6 is 23.1 Å². The van der Waals surface area contributed by atoms with E-state index in [4.69, 9.17) is 4.74 Å². The lowest BCUT2D eigenvalue weighted by molar-refractivity contribution is -0.113. The number of esters is 1. The van der Waals surface area contributed by atoms with Gasteiger partial charge < -0.3 is 14.6 Å². The predicted molar refractivity (Wildman–Crippen MR) is 132 cm³/mol. The van der Waals surface area contributed by atoms with Crippen molar-refractivity contribution in [3.05, 3.63) is 34.5 Å². The fourth-order valence-electron chi connectivity index (χ4n) is 4.80. The molecule has 2 aliphatic carbocycles. The summed E-state index contributed by atoms with van der Waals surface area (Å²) in [5.74, 6) is 1.29. The van der Waals surface area contributed by atoms with E-state index in [2.05, 4.69) is 26.7 Å². The molecule has 33 heavy (non-hydrogen) atoms. The van der Waals surface area contributed by atoms with Gasteiger partial charge in [-0.25, -0.2) is 4.79 Å². The van der Waals surface area contributed by atoms with Gasteiger partial charge in [-0.2, -0.15) is 0 Å². The van der Waals surface area contributed by atoms with Crippen LogP contribution in [0.5, 0.6) is 0 Å². The Balaban J connectivity index is 1.42. The van der Waals surface area contributed by atoms with Gasteiger partial charge in [0.25, 0.3) is 0 Å². The SMILES string of the molecule is C=CCn1c(CC2CCCCC2)nnc1SCC(=O)Nc1sc2c(c1C(=O)OC)CCCC2. The summed E-state index contributed by atoms with van der Waals surface area (Å²) in [6, 6.07) is 0. The number of nitrogens with zero attached hydrogens (tertiary/aromatic N) is 3. The molecular weight excluding hydrogens is 456 g/mol. The first-order chi connectivity index (χ1) is 16.1. The lowest BCUT2D eigenvalue weighted by atomic mass is 9.87. The molecule has 4 rings (SSSR count). The Bertz CT molecular complexity index is 1010. The van der Waals surface area contributed by atoms with Gasteiger partial charge >= 0.3 is 5.97 Å². The van der Waals surface area contributed by atoms with Crippen molar-refractivity contribution in [2.45, 2.75) is 75.9 Å². The van der Waals surface area contributed by atoms with Crippen LogP contribution in [-0.4, -0.2) is 39.5 Å². The molecule has 0 unspecified atom stereocenters. The molecule has 2 aliphatic rings. The van der Waals surface area contributed by atoms with Gasteiger partial charge in [-0.3, -0.25) is 4.79 Å². The second-order valence-electron chi connectivity index (χ2n) is 8.75. The van der Waals surface area contributed by atoms with Gasteiger partial charge in [-0.15, -0.1) is 28.1 Å². The van der Waals surface area contributed by atoms with Gasteiger partial charge in [0.2, 0.25) is 5.91 Å². The van der Waals surface area contributed by atoms with Crippen LogP contribution in [0.15, 0.2) is 17.8 Å². The standard InChI is InChI=1S/C24H32N4O3S2/c1-3-13-28-19(14-16-9-5-4-6-10-16)26-27-24(28)32-15-20(29)25-22-21(23(30)31-2)17-11-7-8-12-18(17)33-22/h3,16H,1,4-15H2,2H3,(H,25,29). The summed E-state index contributed by atoms with van der Waals surface area (Å²) >= 11 is 2.87. The number of thiophene rings is 1. The zero-order valence-electron chi connectivity index (χ0n) is 19.2. The van der Waals surface area contributed by atoms with Gasteiger partial charge in [0, 0.05) is 17.8 Å². The average molecular weight is 489 g/mol. The van der Waals surface area contributed by atoms with Crippen molar-refractivity contribution < 1.29 is 14.3 Å². The van der Waals surface area contributed by atoms with Crippen molar-refractivity contribution in [1.29, 1.82) is 0 Å². The summed E-state index contributed by atoms with van der Waals surface area (Å²) in [7, 11) is 1.38. The van der Waals surface area contributed by atoms with E-state index in [0.29, 0.717) is 23.0 Å². The highest BCUT2D eigenvalue weighted by molar-refractivity contribution is 7.99. The molecule has 1 saturated carbocycles. The van der Waals surface area contributed by atoms with Gasteiger partial charge in [0.05, 0.1) is 18.4 Å². The van der Waals surface area contributed by atoms with E-state index < -0.39 is 0 Å². The number of carbonyl (C=O) groups excluding carboxylic acids is 2. The predicted octanol–water partition coefficient (Wildman–Crippen LogP) is 5.04. The number of anilines is 1. The summed E-state index contributed by atoms with van der Waals surface area (Å²) in [6.45, 7) is 4.50. The highest BCUT2D eigenvalue weighted by Gasteiger charge is 2.27. The molecule has 2 aromatic heterocycles. The first-order valence-corrected chi connectivity index (χ1v) is 13.6. The van der Waals surface area contributed by atoms with Crippen LogP contribution < -0.4 is 5.32 Å². The molecule has 0 aliphatic heterocycles. The highest BCUT2D eigenvalue weighted by Crippen LogP contribution is 2.38. The van der Waals surface area contributed by atoms with Crippen molar-refractivity contribution in [3.8, 4) is 0 Å². The molecule has 2 heterocycles. The van der Waals surface area contributed by atoms with Crippen LogP contribution in [-0.2, 0) is 35.3 Å². The molecule has 1 N–H and O–H groups in total. The molecule has 0 aromatic carbocycles. The second-order valence-corrected chi connectivity index (χ2v) is 10.8. The lowest BCUT2D eigenvalue weighted by Gasteiger charge is -2.21. The number of aromatic nitrogens is 3. The number of nitrogens with one attached hydrogen (secondary N) is 1. The molecular formula is C24H32N4O3S2. The zero-order valence-corrected chi connectivity index (χ0v) is 20.9. The molecule has 9 heteroatoms. The van der Waals surface area contributed by atoms with E-state index in [0.717, 1.165) is 48.6 Å². The van der Waals surface area contributed by atoms with Crippen molar-refractivity contribution in [2.24, 2.45) is 5.92 Å². The van der Waals surface area contributed by atoms with Crippen molar-refractivity contribution in [1.82, 2.24) is 14.8 Å². The summed E-state index contributed by atoms with van der Waals surface area (Å²) < 4.78 is 7.07. The van der Waals surface area contributed by atoms with Crippen LogP contribution in [0.25, 0.3) is 0 Å². The third-order valence-electron chi connectivity index (χ3n) is 6.45. The molecule has 1 amide bonds. The monoisotopic (exact) mass is 488 g/mol. The number of carbonyl (C=O) groups is 2. The number of hydrogen-bond donors (Lipinski definition) is 1. The summed E-state index contributed by atoms with van der Waals surface area (Å²) in [4.78, 5) is 26.4. The van der Waals surface area contributed by atoms with Gasteiger partial charge in [0.1, 0.15) is 10.8 Å². The van der Waals surface area contributed by atoms with Crippen molar-refractivity contribution >= 4 is 40.0 Å². The maximum atomic E-state index is 12.8. The quantitative estimate of drug-likeness (QED) is 0.302. The Morgan fingerprint density at radius 2 is 2.00 bits per heavy atom. The van der Waals surface area contributed by atoms with Crippen LogP contribution in [0, 0.1) is 5.92 Å². The molecule has 0 atom stereocenters. The Labute approximate surface area is 203 Å². The number of thioether (sulfide) groups is 1. The first-order valence-electron chi connectivity index (χ1n) is 11.8. The molecule has 2 aromatic rings. The molecule has 0 spiro atoms. The van der Waals surface area contributed by atoms with Crippen LogP contribution in [0.2, 0.25) is 0 Å². The topological polar surface area (TPSA) is 86.1 Å². The van der Waals surface area contributed by atoms with Crippen LogP contribution in [0.3, 0.4) is 0 Å². The third-order valence-corrected chi connectivity index (χ3v) is 8.62. The number of fused-ring (bicyclic) bond motifs is 1. The number of ether oxygens (including phenoxy) is 1. The lowest BCUT2D eigenvalue weighted by Crippen LogP contribution is -2.17. The molecule has 0 bridgehead atoms.